The number of para-hydroxylation sites is 1. The van der Waals surface area contributed by atoms with E-state index in [0.717, 1.165) is 22.5 Å². The third-order valence-electron chi connectivity index (χ3n) is 3.88. The number of nitrogens with one attached hydrogen (secondary N) is 1. The minimum Gasteiger partial charge on any atom is -0.482 e. The van der Waals surface area contributed by atoms with Crippen LogP contribution in [0.15, 0.2) is 70.1 Å². The topological polar surface area (TPSA) is 81.4 Å². The molecule has 140 valence electrons. The Balaban J connectivity index is 1.46. The smallest absolute Gasteiger partial charge is 0.293 e. The number of aromatic nitrogens is 1. The molecule has 6 nitrogen and oxygen atoms in total. The van der Waals surface area contributed by atoms with Gasteiger partial charge in [-0.05, 0) is 18.2 Å². The van der Waals surface area contributed by atoms with Crippen LogP contribution in [0.4, 0.5) is 9.52 Å². The summed E-state index contributed by atoms with van der Waals surface area (Å²) < 4.78 is 25.1. The van der Waals surface area contributed by atoms with Gasteiger partial charge in [0.05, 0.1) is 10.2 Å². The van der Waals surface area contributed by atoms with Gasteiger partial charge in [0.25, 0.3) is 5.91 Å². The standard InChI is InChI=1S/C20H13FN2O4S/c21-13-6-2-1-5-12(13)10-26-17-11-27-16(9-15(17)24)19(25)23-20-22-14-7-3-4-8-18(14)28-20/h1-9,11H,10H2,(H,22,23,25). The lowest BCUT2D eigenvalue weighted by Crippen LogP contribution is -2.15. The van der Waals surface area contributed by atoms with Crippen molar-refractivity contribution in [3.8, 4) is 5.75 Å². The molecule has 1 N–H and O–H groups in total. The van der Waals surface area contributed by atoms with Crippen LogP contribution in [-0.2, 0) is 6.61 Å². The van der Waals surface area contributed by atoms with E-state index < -0.39 is 17.2 Å². The minimum absolute atomic E-state index is 0.111. The molecule has 8 heteroatoms. The summed E-state index contributed by atoms with van der Waals surface area (Å²) in [6, 6.07) is 14.6. The van der Waals surface area contributed by atoms with Gasteiger partial charge in [-0.2, -0.15) is 0 Å². The maximum absolute atomic E-state index is 13.6. The van der Waals surface area contributed by atoms with E-state index in [9.17, 15) is 14.0 Å². The Labute approximate surface area is 162 Å². The highest BCUT2D eigenvalue weighted by Gasteiger charge is 2.15. The highest BCUT2D eigenvalue weighted by atomic mass is 32.1. The number of halogens is 1. The average molecular weight is 396 g/mol. The first kappa shape index (κ1) is 17.9. The number of carbonyl (C=O) groups is 1. The predicted octanol–water partition coefficient (Wildman–Crippen LogP) is 4.22. The molecule has 0 radical (unpaired) electrons. The van der Waals surface area contributed by atoms with Crippen molar-refractivity contribution in [2.24, 2.45) is 0 Å². The van der Waals surface area contributed by atoms with Gasteiger partial charge in [-0.3, -0.25) is 14.9 Å². The third kappa shape index (κ3) is 3.77. The zero-order valence-corrected chi connectivity index (χ0v) is 15.2. The van der Waals surface area contributed by atoms with Crippen LogP contribution in [-0.4, -0.2) is 10.9 Å². The summed E-state index contributed by atoms with van der Waals surface area (Å²) in [6.45, 7) is -0.130. The molecule has 0 fully saturated rings. The second-order valence-corrected chi connectivity index (χ2v) is 6.82. The number of anilines is 1. The highest BCUT2D eigenvalue weighted by Crippen LogP contribution is 2.25. The highest BCUT2D eigenvalue weighted by molar-refractivity contribution is 7.22. The van der Waals surface area contributed by atoms with Crippen LogP contribution in [0.25, 0.3) is 10.2 Å². The summed E-state index contributed by atoms with van der Waals surface area (Å²) >= 11 is 1.31. The molecule has 0 aliphatic heterocycles. The fourth-order valence-corrected chi connectivity index (χ4v) is 3.34. The largest absolute Gasteiger partial charge is 0.482 e. The number of ether oxygens (including phenoxy) is 1. The Morgan fingerprint density at radius 2 is 1.96 bits per heavy atom. The first-order chi connectivity index (χ1) is 13.6. The molecule has 0 aliphatic carbocycles. The van der Waals surface area contributed by atoms with Crippen LogP contribution in [0.2, 0.25) is 0 Å². The van der Waals surface area contributed by atoms with Gasteiger partial charge in [-0.1, -0.05) is 41.7 Å². The van der Waals surface area contributed by atoms with Crippen LogP contribution >= 0.6 is 11.3 Å². The number of carbonyl (C=O) groups excluding carboxylic acids is 1. The van der Waals surface area contributed by atoms with Crippen LogP contribution in [0.1, 0.15) is 16.1 Å². The fraction of sp³-hybridized carbons (Fsp3) is 0.0500. The van der Waals surface area contributed by atoms with Gasteiger partial charge in [0, 0.05) is 11.6 Å². The van der Waals surface area contributed by atoms with E-state index in [1.54, 1.807) is 18.2 Å². The SMILES string of the molecule is O=C(Nc1nc2ccccc2s1)c1cc(=O)c(OCc2ccccc2F)co1. The van der Waals surface area contributed by atoms with E-state index in [1.807, 2.05) is 24.3 Å². The molecule has 1 amide bonds. The first-order valence-electron chi connectivity index (χ1n) is 8.26. The number of hydrogen-bond acceptors (Lipinski definition) is 6. The van der Waals surface area contributed by atoms with E-state index in [-0.39, 0.29) is 18.1 Å². The Kier molecular flexibility index (Phi) is 4.86. The van der Waals surface area contributed by atoms with E-state index in [1.165, 1.54) is 17.4 Å². The van der Waals surface area contributed by atoms with Crippen molar-refractivity contribution in [3.63, 3.8) is 0 Å². The molecule has 2 aromatic carbocycles. The Hall–Kier alpha value is -3.52. The zero-order valence-electron chi connectivity index (χ0n) is 14.3. The molecule has 0 bridgehead atoms. The van der Waals surface area contributed by atoms with E-state index >= 15 is 0 Å². The fourth-order valence-electron chi connectivity index (χ4n) is 2.48. The third-order valence-corrected chi connectivity index (χ3v) is 4.83. The van der Waals surface area contributed by atoms with Gasteiger partial charge in [0.1, 0.15) is 18.7 Å². The Morgan fingerprint density at radius 1 is 1.18 bits per heavy atom. The number of fused-ring (bicyclic) bond motifs is 1. The van der Waals surface area contributed by atoms with Gasteiger partial charge in [0.15, 0.2) is 10.9 Å². The molecule has 28 heavy (non-hydrogen) atoms. The second-order valence-electron chi connectivity index (χ2n) is 5.79. The summed E-state index contributed by atoms with van der Waals surface area (Å²) in [5.41, 5.74) is 0.526. The minimum atomic E-state index is -0.600. The monoisotopic (exact) mass is 396 g/mol. The van der Waals surface area contributed by atoms with Crippen molar-refractivity contribution in [2.75, 3.05) is 5.32 Å². The molecule has 0 unspecified atom stereocenters. The predicted molar refractivity (Wildman–Crippen MR) is 103 cm³/mol. The number of thiazole rings is 1. The van der Waals surface area contributed by atoms with Gasteiger partial charge in [-0.25, -0.2) is 9.37 Å². The molecule has 4 aromatic rings. The molecular formula is C20H13FN2O4S. The molecule has 0 atom stereocenters. The molecule has 0 saturated heterocycles. The number of hydrogen-bond donors (Lipinski definition) is 1. The summed E-state index contributed by atoms with van der Waals surface area (Å²) in [5, 5.41) is 3.00. The number of amides is 1. The first-order valence-corrected chi connectivity index (χ1v) is 9.08. The molecule has 0 spiro atoms. The summed E-state index contributed by atoms with van der Waals surface area (Å²) in [5.74, 6) is -1.32. The zero-order chi connectivity index (χ0) is 19.5. The van der Waals surface area contributed by atoms with Gasteiger partial charge >= 0.3 is 0 Å². The summed E-state index contributed by atoms with van der Waals surface area (Å²) in [6.07, 6.45) is 1.04. The van der Waals surface area contributed by atoms with E-state index in [4.69, 9.17) is 9.15 Å². The Morgan fingerprint density at radius 3 is 2.75 bits per heavy atom. The number of rotatable bonds is 5. The molecule has 0 aliphatic rings. The molecule has 2 aromatic heterocycles. The van der Waals surface area contributed by atoms with Crippen molar-refractivity contribution >= 4 is 32.6 Å². The lowest BCUT2D eigenvalue weighted by Gasteiger charge is -2.06. The van der Waals surface area contributed by atoms with Gasteiger partial charge in [-0.15, -0.1) is 0 Å². The van der Waals surface area contributed by atoms with Crippen LogP contribution in [0.3, 0.4) is 0 Å². The van der Waals surface area contributed by atoms with Crippen molar-refractivity contribution in [1.29, 1.82) is 0 Å². The van der Waals surface area contributed by atoms with Crippen LogP contribution in [0, 0.1) is 5.82 Å². The van der Waals surface area contributed by atoms with Crippen molar-refractivity contribution in [3.05, 3.63) is 88.2 Å². The van der Waals surface area contributed by atoms with Gasteiger partial charge < -0.3 is 9.15 Å². The lowest BCUT2D eigenvalue weighted by atomic mass is 10.2. The van der Waals surface area contributed by atoms with Crippen molar-refractivity contribution in [2.45, 2.75) is 6.61 Å². The van der Waals surface area contributed by atoms with Crippen LogP contribution in [0.5, 0.6) is 5.75 Å². The van der Waals surface area contributed by atoms with E-state index in [0.29, 0.717) is 10.7 Å². The quantitative estimate of drug-likeness (QED) is 0.546. The van der Waals surface area contributed by atoms with E-state index in [2.05, 4.69) is 10.3 Å². The maximum Gasteiger partial charge on any atom is 0.293 e. The molecule has 4 rings (SSSR count). The Bertz CT molecular complexity index is 1190. The molecular weight excluding hydrogens is 383 g/mol. The van der Waals surface area contributed by atoms with Crippen LogP contribution < -0.4 is 15.5 Å². The van der Waals surface area contributed by atoms with Crippen molar-refractivity contribution < 1.29 is 18.3 Å². The molecule has 0 saturated carbocycles. The van der Waals surface area contributed by atoms with Crippen molar-refractivity contribution in [1.82, 2.24) is 4.98 Å². The normalized spacial score (nSPS) is 10.8. The number of nitrogens with zero attached hydrogens (tertiary/aromatic N) is 1. The maximum atomic E-state index is 13.6. The average Bonchev–Trinajstić information content (AvgIpc) is 3.10. The second kappa shape index (κ2) is 7.61. The lowest BCUT2D eigenvalue weighted by molar-refractivity contribution is 0.0993. The molecule has 2 heterocycles. The summed E-state index contributed by atoms with van der Waals surface area (Å²) in [4.78, 5) is 28.8. The van der Waals surface area contributed by atoms with Gasteiger partial charge in [0.2, 0.25) is 11.2 Å². The number of benzene rings is 2. The summed E-state index contributed by atoms with van der Waals surface area (Å²) in [7, 11) is 0.